The highest BCUT2D eigenvalue weighted by Gasteiger charge is 2.27. The van der Waals surface area contributed by atoms with E-state index in [2.05, 4.69) is 9.71 Å². The zero-order valence-electron chi connectivity index (χ0n) is 15.9. The molecule has 0 aliphatic carbocycles. The predicted octanol–water partition coefficient (Wildman–Crippen LogP) is 3.58. The Morgan fingerprint density at radius 3 is 2.63 bits per heavy atom. The number of nitrogens with zero attached hydrogens (tertiary/aromatic N) is 2. The fourth-order valence-electron chi connectivity index (χ4n) is 3.46. The Hall–Kier alpha value is -3.52. The number of rotatable bonds is 5. The van der Waals surface area contributed by atoms with Gasteiger partial charge in [0.25, 0.3) is 0 Å². The Kier molecular flexibility index (Phi) is 4.55. The van der Waals surface area contributed by atoms with Crippen molar-refractivity contribution in [1.29, 1.82) is 0 Å². The molecule has 0 saturated carbocycles. The summed E-state index contributed by atoms with van der Waals surface area (Å²) < 4.78 is 41.7. The number of fused-ring (bicyclic) bond motifs is 2. The molecule has 1 atom stereocenters. The van der Waals surface area contributed by atoms with Crippen LogP contribution in [0.25, 0.3) is 16.9 Å². The molecule has 0 bridgehead atoms. The molecule has 0 saturated heterocycles. The van der Waals surface area contributed by atoms with E-state index in [1.807, 2.05) is 59.3 Å². The number of benzene rings is 2. The molecule has 3 heterocycles. The van der Waals surface area contributed by atoms with E-state index >= 15 is 0 Å². The SMILES string of the molecule is O=S(=O)(CC1COc2ccccc2O1)Nc1ccccc1-c1cn2ccccc2n1. The van der Waals surface area contributed by atoms with Gasteiger partial charge in [-0.3, -0.25) is 4.72 Å². The number of hydrogen-bond acceptors (Lipinski definition) is 5. The summed E-state index contributed by atoms with van der Waals surface area (Å²) >= 11 is 0. The Balaban J connectivity index is 1.38. The highest BCUT2D eigenvalue weighted by molar-refractivity contribution is 7.92. The van der Waals surface area contributed by atoms with E-state index in [4.69, 9.17) is 9.47 Å². The Bertz CT molecular complexity index is 1280. The van der Waals surface area contributed by atoms with Gasteiger partial charge in [0.15, 0.2) is 11.5 Å². The average molecular weight is 421 g/mol. The normalized spacial score (nSPS) is 15.8. The molecule has 4 aromatic rings. The van der Waals surface area contributed by atoms with Crippen molar-refractivity contribution in [3.8, 4) is 22.8 Å². The van der Waals surface area contributed by atoms with Crippen LogP contribution in [0.2, 0.25) is 0 Å². The van der Waals surface area contributed by atoms with E-state index < -0.39 is 16.1 Å². The molecule has 1 aliphatic heterocycles. The van der Waals surface area contributed by atoms with Crippen LogP contribution in [0.15, 0.2) is 79.1 Å². The van der Waals surface area contributed by atoms with Gasteiger partial charge in [0.1, 0.15) is 24.1 Å². The first kappa shape index (κ1) is 18.5. The molecule has 1 unspecified atom stereocenters. The number of ether oxygens (including phenoxy) is 2. The van der Waals surface area contributed by atoms with Crippen molar-refractivity contribution in [2.45, 2.75) is 6.10 Å². The molecule has 0 fully saturated rings. The topological polar surface area (TPSA) is 81.9 Å². The van der Waals surface area contributed by atoms with Gasteiger partial charge in [-0.15, -0.1) is 0 Å². The van der Waals surface area contributed by atoms with Crippen LogP contribution in [0.3, 0.4) is 0 Å². The van der Waals surface area contributed by atoms with Crippen LogP contribution in [0.1, 0.15) is 0 Å². The van der Waals surface area contributed by atoms with Gasteiger partial charge in [-0.25, -0.2) is 13.4 Å². The number of nitrogens with one attached hydrogen (secondary N) is 1. The zero-order chi connectivity index (χ0) is 20.6. The monoisotopic (exact) mass is 421 g/mol. The fraction of sp³-hybridized carbons (Fsp3) is 0.136. The molecular formula is C22H19N3O4S. The van der Waals surface area contributed by atoms with Crippen LogP contribution in [-0.4, -0.2) is 36.3 Å². The van der Waals surface area contributed by atoms with Gasteiger partial charge in [-0.05, 0) is 30.3 Å². The van der Waals surface area contributed by atoms with Gasteiger partial charge in [0.05, 0.1) is 11.4 Å². The van der Waals surface area contributed by atoms with Crippen molar-refractivity contribution >= 4 is 21.4 Å². The summed E-state index contributed by atoms with van der Waals surface area (Å²) in [6.45, 7) is 0.173. The number of pyridine rings is 1. The van der Waals surface area contributed by atoms with E-state index in [0.29, 0.717) is 28.4 Å². The van der Waals surface area contributed by atoms with Crippen LogP contribution in [0.5, 0.6) is 11.5 Å². The highest BCUT2D eigenvalue weighted by Crippen LogP contribution is 2.32. The van der Waals surface area contributed by atoms with Crippen LogP contribution in [0, 0.1) is 0 Å². The maximum absolute atomic E-state index is 12.9. The molecule has 8 heteroatoms. The van der Waals surface area contributed by atoms with Crippen molar-refractivity contribution in [2.24, 2.45) is 0 Å². The summed E-state index contributed by atoms with van der Waals surface area (Å²) in [4.78, 5) is 4.60. The fourth-order valence-corrected chi connectivity index (χ4v) is 4.71. The van der Waals surface area contributed by atoms with E-state index in [0.717, 1.165) is 5.65 Å². The van der Waals surface area contributed by atoms with Gasteiger partial charge in [0, 0.05) is 18.0 Å². The van der Waals surface area contributed by atoms with E-state index in [9.17, 15) is 8.42 Å². The number of hydrogen-bond donors (Lipinski definition) is 1. The Morgan fingerprint density at radius 1 is 1.00 bits per heavy atom. The number of sulfonamides is 1. The minimum atomic E-state index is -3.69. The zero-order valence-corrected chi connectivity index (χ0v) is 16.7. The number of para-hydroxylation sites is 3. The molecule has 5 rings (SSSR count). The molecule has 30 heavy (non-hydrogen) atoms. The number of anilines is 1. The largest absolute Gasteiger partial charge is 0.486 e. The highest BCUT2D eigenvalue weighted by atomic mass is 32.2. The first-order valence-corrected chi connectivity index (χ1v) is 11.1. The smallest absolute Gasteiger partial charge is 0.236 e. The second-order valence-corrected chi connectivity index (χ2v) is 8.79. The maximum Gasteiger partial charge on any atom is 0.236 e. The summed E-state index contributed by atoms with van der Waals surface area (Å²) in [7, 11) is -3.69. The minimum absolute atomic E-state index is 0.173. The van der Waals surface area contributed by atoms with Gasteiger partial charge < -0.3 is 13.9 Å². The number of aromatic nitrogens is 2. The van der Waals surface area contributed by atoms with Gasteiger partial charge in [-0.2, -0.15) is 0 Å². The summed E-state index contributed by atoms with van der Waals surface area (Å²) in [6, 6.07) is 20.2. The molecule has 0 amide bonds. The van der Waals surface area contributed by atoms with Crippen LogP contribution < -0.4 is 14.2 Å². The lowest BCUT2D eigenvalue weighted by molar-refractivity contribution is 0.106. The average Bonchev–Trinajstić information content (AvgIpc) is 3.17. The third-order valence-corrected chi connectivity index (χ3v) is 6.15. The summed E-state index contributed by atoms with van der Waals surface area (Å²) in [6.07, 6.45) is 3.17. The Morgan fingerprint density at radius 2 is 1.77 bits per heavy atom. The van der Waals surface area contributed by atoms with Crippen LogP contribution >= 0.6 is 0 Å². The molecule has 0 radical (unpaired) electrons. The quantitative estimate of drug-likeness (QED) is 0.533. The van der Waals surface area contributed by atoms with E-state index in [-0.39, 0.29) is 12.4 Å². The standard InChI is InChI=1S/C22H19N3O4S/c26-30(27,15-16-14-28-20-9-3-4-10-21(20)29-16)24-18-8-2-1-7-17(18)19-13-25-12-6-5-11-22(25)23-19/h1-13,16,24H,14-15H2. The van der Waals surface area contributed by atoms with E-state index in [1.165, 1.54) is 0 Å². The lowest BCUT2D eigenvalue weighted by Crippen LogP contribution is -2.37. The molecule has 1 N–H and O–H groups in total. The summed E-state index contributed by atoms with van der Waals surface area (Å²) in [5, 5.41) is 0. The lowest BCUT2D eigenvalue weighted by atomic mass is 10.1. The number of imidazole rings is 1. The molecule has 0 spiro atoms. The maximum atomic E-state index is 12.9. The first-order valence-electron chi connectivity index (χ1n) is 9.49. The van der Waals surface area contributed by atoms with Crippen molar-refractivity contribution in [2.75, 3.05) is 17.1 Å². The van der Waals surface area contributed by atoms with Crippen LogP contribution in [-0.2, 0) is 10.0 Å². The second-order valence-electron chi connectivity index (χ2n) is 7.02. The summed E-state index contributed by atoms with van der Waals surface area (Å²) in [5.74, 6) is 0.950. The molecule has 7 nitrogen and oxygen atoms in total. The van der Waals surface area contributed by atoms with Crippen molar-refractivity contribution < 1.29 is 17.9 Å². The lowest BCUT2D eigenvalue weighted by Gasteiger charge is -2.26. The third kappa shape index (κ3) is 3.69. The molecule has 152 valence electrons. The van der Waals surface area contributed by atoms with Crippen LogP contribution in [0.4, 0.5) is 5.69 Å². The molecule has 1 aliphatic rings. The minimum Gasteiger partial charge on any atom is -0.486 e. The van der Waals surface area contributed by atoms with Gasteiger partial charge in [-0.1, -0.05) is 36.4 Å². The van der Waals surface area contributed by atoms with E-state index in [1.54, 1.807) is 24.3 Å². The molecular weight excluding hydrogens is 402 g/mol. The van der Waals surface area contributed by atoms with Gasteiger partial charge in [0.2, 0.25) is 10.0 Å². The third-order valence-electron chi connectivity index (χ3n) is 4.81. The van der Waals surface area contributed by atoms with Crippen molar-refractivity contribution in [1.82, 2.24) is 9.38 Å². The molecule has 2 aromatic carbocycles. The summed E-state index contributed by atoms with van der Waals surface area (Å²) in [5.41, 5.74) is 2.65. The second kappa shape index (κ2) is 7.38. The first-order chi connectivity index (χ1) is 14.6. The molecule has 2 aromatic heterocycles. The van der Waals surface area contributed by atoms with Gasteiger partial charge >= 0.3 is 0 Å². The Labute approximate surface area is 174 Å². The van der Waals surface area contributed by atoms with Crippen molar-refractivity contribution in [3.63, 3.8) is 0 Å². The van der Waals surface area contributed by atoms with Crippen molar-refractivity contribution in [3.05, 3.63) is 79.1 Å². The predicted molar refractivity (Wildman–Crippen MR) is 114 cm³/mol.